The highest BCUT2D eigenvalue weighted by atomic mass is 16.3. The molecule has 1 aliphatic carbocycles. The first kappa shape index (κ1) is 8.59. The van der Waals surface area contributed by atoms with Crippen LogP contribution < -0.4 is 5.32 Å². The maximum absolute atomic E-state index is 10.6. The van der Waals surface area contributed by atoms with E-state index in [0.29, 0.717) is 17.9 Å². The number of nitrogens with one attached hydrogen (secondary N) is 1. The van der Waals surface area contributed by atoms with Gasteiger partial charge < -0.3 is 10.4 Å². The molecule has 3 nitrogen and oxygen atoms in total. The minimum Gasteiger partial charge on any atom is -0.512 e. The fraction of sp³-hybridized carbons (Fsp3) is 0.222. The molecule has 0 aromatic rings. The van der Waals surface area contributed by atoms with E-state index < -0.39 is 0 Å². The van der Waals surface area contributed by atoms with Crippen molar-refractivity contribution < 1.29 is 9.90 Å². The Morgan fingerprint density at radius 2 is 2.33 bits per heavy atom. The van der Waals surface area contributed by atoms with Crippen LogP contribution in [-0.4, -0.2) is 11.0 Å². The lowest BCUT2D eigenvalue weighted by atomic mass is 10.3. The Morgan fingerprint density at radius 1 is 1.58 bits per heavy atom. The summed E-state index contributed by atoms with van der Waals surface area (Å²) in [5.74, 6) is 0.187. The molecule has 2 N–H and O–H groups in total. The summed E-state index contributed by atoms with van der Waals surface area (Å²) in [5.41, 5.74) is 0.701. The third kappa shape index (κ3) is 2.62. The first-order valence-corrected chi connectivity index (χ1v) is 3.72. The Labute approximate surface area is 71.1 Å². The summed E-state index contributed by atoms with van der Waals surface area (Å²) in [7, 11) is 0. The normalized spacial score (nSPS) is 16.1. The molecule has 3 heteroatoms. The van der Waals surface area contributed by atoms with Gasteiger partial charge in [0.2, 0.25) is 5.91 Å². The van der Waals surface area contributed by atoms with E-state index in [9.17, 15) is 4.79 Å². The molecular formula is C9H11NO2. The summed E-state index contributed by atoms with van der Waals surface area (Å²) < 4.78 is 0. The molecule has 0 spiro atoms. The largest absolute Gasteiger partial charge is 0.512 e. The van der Waals surface area contributed by atoms with Crippen molar-refractivity contribution in [1.29, 1.82) is 0 Å². The number of hydrogen-bond acceptors (Lipinski definition) is 2. The van der Waals surface area contributed by atoms with Gasteiger partial charge in [0, 0.05) is 19.0 Å². The van der Waals surface area contributed by atoms with E-state index in [4.69, 9.17) is 5.11 Å². The van der Waals surface area contributed by atoms with Crippen LogP contribution in [0.2, 0.25) is 0 Å². The Bertz CT molecular complexity index is 274. The van der Waals surface area contributed by atoms with Crippen molar-refractivity contribution in [3.8, 4) is 0 Å². The lowest BCUT2D eigenvalue weighted by molar-refractivity contribution is -0.118. The van der Waals surface area contributed by atoms with Gasteiger partial charge in [0.15, 0.2) is 0 Å². The fourth-order valence-corrected chi connectivity index (χ4v) is 0.903. The zero-order chi connectivity index (χ0) is 8.97. The standard InChI is InChI=1S/C9H11NO2/c1-7(11)10-8-3-2-4-9(12)6-5-8/h2-3,5-6,12H,4H2,1H3,(H,10,11). The zero-order valence-electron chi connectivity index (χ0n) is 6.87. The maximum atomic E-state index is 10.6. The summed E-state index contributed by atoms with van der Waals surface area (Å²) in [6, 6.07) is 0. The molecule has 64 valence electrons. The van der Waals surface area contributed by atoms with E-state index in [-0.39, 0.29) is 5.91 Å². The molecule has 0 unspecified atom stereocenters. The molecule has 1 amide bonds. The lowest BCUT2D eigenvalue weighted by Crippen LogP contribution is -2.17. The quantitative estimate of drug-likeness (QED) is 0.617. The molecule has 0 bridgehead atoms. The van der Waals surface area contributed by atoms with Gasteiger partial charge in [-0.05, 0) is 18.2 Å². The number of rotatable bonds is 1. The van der Waals surface area contributed by atoms with E-state index in [0.717, 1.165) is 0 Å². The predicted octanol–water partition coefficient (Wildman–Crippen LogP) is 1.41. The van der Waals surface area contributed by atoms with Crippen LogP contribution in [0.1, 0.15) is 13.3 Å². The maximum Gasteiger partial charge on any atom is 0.221 e. The van der Waals surface area contributed by atoms with Crippen LogP contribution in [0.3, 0.4) is 0 Å². The molecule has 1 aliphatic rings. The first-order valence-electron chi connectivity index (χ1n) is 3.72. The molecule has 0 aliphatic heterocycles. The van der Waals surface area contributed by atoms with Crippen molar-refractivity contribution in [2.24, 2.45) is 0 Å². The van der Waals surface area contributed by atoms with Gasteiger partial charge in [-0.25, -0.2) is 0 Å². The molecule has 0 saturated heterocycles. The summed E-state index contributed by atoms with van der Waals surface area (Å²) in [4.78, 5) is 10.6. The van der Waals surface area contributed by atoms with Crippen LogP contribution in [0.4, 0.5) is 0 Å². The average molecular weight is 165 g/mol. The second-order valence-electron chi connectivity index (χ2n) is 2.57. The smallest absolute Gasteiger partial charge is 0.221 e. The molecule has 1 rings (SSSR count). The second kappa shape index (κ2) is 3.76. The Balaban J connectivity index is 2.70. The molecule has 0 heterocycles. The molecule has 0 aromatic carbocycles. The number of allylic oxidation sites excluding steroid dienone is 4. The first-order chi connectivity index (χ1) is 5.68. The van der Waals surface area contributed by atoms with Crippen LogP contribution in [0, 0.1) is 0 Å². The SMILES string of the molecule is CC(=O)NC1=CC=C(O)CC=C1. The molecule has 0 saturated carbocycles. The molecular weight excluding hydrogens is 154 g/mol. The second-order valence-corrected chi connectivity index (χ2v) is 2.57. The van der Waals surface area contributed by atoms with Gasteiger partial charge >= 0.3 is 0 Å². The Kier molecular flexibility index (Phi) is 2.69. The van der Waals surface area contributed by atoms with Crippen LogP contribution in [0.15, 0.2) is 35.8 Å². The lowest BCUT2D eigenvalue weighted by Gasteiger charge is -1.98. The predicted molar refractivity (Wildman–Crippen MR) is 46.4 cm³/mol. The fourth-order valence-electron chi connectivity index (χ4n) is 0.903. The Morgan fingerprint density at radius 3 is 3.00 bits per heavy atom. The highest BCUT2D eigenvalue weighted by Gasteiger charge is 1.97. The molecule has 0 fully saturated rings. The van der Waals surface area contributed by atoms with Crippen molar-refractivity contribution in [3.63, 3.8) is 0 Å². The van der Waals surface area contributed by atoms with Gasteiger partial charge in [0.1, 0.15) is 0 Å². The summed E-state index contributed by atoms with van der Waals surface area (Å²) >= 11 is 0. The van der Waals surface area contributed by atoms with E-state index in [2.05, 4.69) is 5.32 Å². The van der Waals surface area contributed by atoms with Crippen molar-refractivity contribution in [2.75, 3.05) is 0 Å². The van der Waals surface area contributed by atoms with E-state index >= 15 is 0 Å². The highest BCUT2D eigenvalue weighted by molar-refractivity contribution is 5.75. The number of aliphatic hydroxyl groups is 1. The Hall–Kier alpha value is -1.51. The summed E-state index contributed by atoms with van der Waals surface area (Å²) in [6.45, 7) is 1.45. The van der Waals surface area contributed by atoms with E-state index in [1.165, 1.54) is 6.92 Å². The van der Waals surface area contributed by atoms with Gasteiger partial charge in [-0.15, -0.1) is 0 Å². The van der Waals surface area contributed by atoms with Crippen molar-refractivity contribution in [3.05, 3.63) is 35.8 Å². The van der Waals surface area contributed by atoms with Gasteiger partial charge in [0.25, 0.3) is 0 Å². The van der Waals surface area contributed by atoms with Crippen LogP contribution in [0.25, 0.3) is 0 Å². The van der Waals surface area contributed by atoms with Gasteiger partial charge in [-0.3, -0.25) is 4.79 Å². The third-order valence-corrected chi connectivity index (χ3v) is 1.40. The number of amides is 1. The van der Waals surface area contributed by atoms with Crippen molar-refractivity contribution in [2.45, 2.75) is 13.3 Å². The van der Waals surface area contributed by atoms with Crippen LogP contribution in [-0.2, 0) is 4.79 Å². The molecule has 0 atom stereocenters. The number of hydrogen-bond donors (Lipinski definition) is 2. The highest BCUT2D eigenvalue weighted by Crippen LogP contribution is 2.06. The van der Waals surface area contributed by atoms with Crippen LogP contribution >= 0.6 is 0 Å². The molecule has 12 heavy (non-hydrogen) atoms. The van der Waals surface area contributed by atoms with Gasteiger partial charge in [-0.1, -0.05) is 6.08 Å². The average Bonchev–Trinajstić information content (AvgIpc) is 2.15. The van der Waals surface area contributed by atoms with Crippen molar-refractivity contribution >= 4 is 5.91 Å². The van der Waals surface area contributed by atoms with Crippen molar-refractivity contribution in [1.82, 2.24) is 5.32 Å². The summed E-state index contributed by atoms with van der Waals surface area (Å²) in [5, 5.41) is 11.7. The topological polar surface area (TPSA) is 49.3 Å². The third-order valence-electron chi connectivity index (χ3n) is 1.40. The number of aliphatic hydroxyl groups excluding tert-OH is 1. The van der Waals surface area contributed by atoms with E-state index in [1.807, 2.05) is 0 Å². The molecule has 0 radical (unpaired) electrons. The number of carbonyl (C=O) groups excluding carboxylic acids is 1. The minimum atomic E-state index is -0.110. The van der Waals surface area contributed by atoms with Gasteiger partial charge in [0.05, 0.1) is 5.76 Å². The number of carbonyl (C=O) groups is 1. The van der Waals surface area contributed by atoms with Gasteiger partial charge in [-0.2, -0.15) is 0 Å². The van der Waals surface area contributed by atoms with Crippen LogP contribution in [0.5, 0.6) is 0 Å². The monoisotopic (exact) mass is 165 g/mol. The zero-order valence-corrected chi connectivity index (χ0v) is 6.87. The summed E-state index contributed by atoms with van der Waals surface area (Å²) in [6.07, 6.45) is 7.31. The minimum absolute atomic E-state index is 0.110. The van der Waals surface area contributed by atoms with E-state index in [1.54, 1.807) is 24.3 Å². The molecule has 0 aromatic heterocycles.